The Labute approximate surface area is 141 Å². The number of rotatable bonds is 10. The molecule has 0 heterocycles. The first kappa shape index (κ1) is 21.6. The van der Waals surface area contributed by atoms with Crippen molar-refractivity contribution in [2.45, 2.75) is 45.6 Å². The maximum absolute atomic E-state index is 12.0. The van der Waals surface area contributed by atoms with Crippen LogP contribution in [-0.4, -0.2) is 49.1 Å². The van der Waals surface area contributed by atoms with Gasteiger partial charge in [-0.15, -0.1) is 0 Å². The summed E-state index contributed by atoms with van der Waals surface area (Å²) in [5.74, 6) is -2.53. The Bertz CT molecular complexity index is 499. The van der Waals surface area contributed by atoms with Crippen molar-refractivity contribution in [3.8, 4) is 0 Å². The molecule has 8 nitrogen and oxygen atoms in total. The van der Waals surface area contributed by atoms with Crippen LogP contribution in [0.1, 0.15) is 39.5 Å². The Kier molecular flexibility index (Phi) is 10.1. The lowest BCUT2D eigenvalue weighted by atomic mass is 10.0. The van der Waals surface area contributed by atoms with Crippen LogP contribution < -0.4 is 10.6 Å². The van der Waals surface area contributed by atoms with Crippen molar-refractivity contribution >= 4 is 23.8 Å². The normalized spacial score (nSPS) is 12.5. The molecule has 2 amide bonds. The van der Waals surface area contributed by atoms with Crippen LogP contribution in [0.3, 0.4) is 0 Å². The van der Waals surface area contributed by atoms with Gasteiger partial charge in [-0.3, -0.25) is 14.4 Å². The van der Waals surface area contributed by atoms with Crippen molar-refractivity contribution in [1.82, 2.24) is 10.6 Å². The zero-order valence-corrected chi connectivity index (χ0v) is 14.5. The zero-order valence-electron chi connectivity index (χ0n) is 14.5. The van der Waals surface area contributed by atoms with Gasteiger partial charge >= 0.3 is 11.9 Å². The molecule has 0 aromatic heterocycles. The van der Waals surface area contributed by atoms with E-state index in [9.17, 15) is 19.2 Å². The third-order valence-corrected chi connectivity index (χ3v) is 3.32. The minimum Gasteiger partial charge on any atom is -0.478 e. The average Bonchev–Trinajstić information content (AvgIpc) is 2.53. The zero-order chi connectivity index (χ0) is 18.7. The number of aliphatic carboxylic acids is 1. The smallest absolute Gasteiger partial charge is 0.331 e. The molecule has 24 heavy (non-hydrogen) atoms. The van der Waals surface area contributed by atoms with Gasteiger partial charge in [-0.2, -0.15) is 0 Å². The summed E-state index contributed by atoms with van der Waals surface area (Å²) in [5, 5.41) is 14.0. The van der Waals surface area contributed by atoms with E-state index < -0.39 is 29.8 Å². The van der Waals surface area contributed by atoms with Gasteiger partial charge < -0.3 is 20.5 Å². The number of hydrogen-bond donors (Lipinski definition) is 3. The van der Waals surface area contributed by atoms with Gasteiger partial charge in [-0.05, 0) is 25.2 Å². The number of nitrogens with one attached hydrogen (secondary N) is 2. The Morgan fingerprint density at radius 2 is 1.75 bits per heavy atom. The number of carbonyl (C=O) groups excluding carboxylic acids is 3. The van der Waals surface area contributed by atoms with Crippen molar-refractivity contribution in [2.75, 3.05) is 14.2 Å². The van der Waals surface area contributed by atoms with E-state index in [0.717, 1.165) is 6.08 Å². The Hall–Kier alpha value is -2.38. The fourth-order valence-electron chi connectivity index (χ4n) is 1.86. The first-order chi connectivity index (χ1) is 11.2. The van der Waals surface area contributed by atoms with Gasteiger partial charge in [0.15, 0.2) is 0 Å². The van der Waals surface area contributed by atoms with Crippen LogP contribution in [0.4, 0.5) is 0 Å². The number of carboxylic acid groups (broad SMARTS) is 1. The second-order valence-electron chi connectivity index (χ2n) is 5.70. The number of carboxylic acids is 1. The van der Waals surface area contributed by atoms with E-state index in [0.29, 0.717) is 12.3 Å². The SMILES string of the molecule is CNC(=O)[C@H](CCC(=O)OC)NC(=O)C=C(CCC(C)C)C(=O)O. The molecule has 0 unspecified atom stereocenters. The standard InChI is InChI=1S/C16H26N2O6/c1-10(2)5-6-11(16(22)23)9-13(19)18-12(15(21)17-3)7-8-14(20)24-4/h9-10,12H,5-8H2,1-4H3,(H,17,21)(H,18,19)(H,22,23)/t12-/m0/s1. The second kappa shape index (κ2) is 11.2. The number of likely N-dealkylation sites (N-methyl/N-ethyl adjacent to an activating group) is 1. The summed E-state index contributed by atoms with van der Waals surface area (Å²) in [7, 11) is 2.63. The molecule has 0 radical (unpaired) electrons. The van der Waals surface area contributed by atoms with Crippen molar-refractivity contribution < 1.29 is 29.0 Å². The fourth-order valence-corrected chi connectivity index (χ4v) is 1.86. The number of ether oxygens (including phenoxy) is 1. The lowest BCUT2D eigenvalue weighted by Crippen LogP contribution is -2.45. The van der Waals surface area contributed by atoms with Gasteiger partial charge in [-0.25, -0.2) is 4.79 Å². The van der Waals surface area contributed by atoms with Crippen molar-refractivity contribution in [3.05, 3.63) is 11.6 Å². The summed E-state index contributed by atoms with van der Waals surface area (Å²) in [6.07, 6.45) is 1.89. The fraction of sp³-hybridized carbons (Fsp3) is 0.625. The lowest BCUT2D eigenvalue weighted by molar-refractivity contribution is -0.141. The lowest BCUT2D eigenvalue weighted by Gasteiger charge is -2.16. The highest BCUT2D eigenvalue weighted by atomic mass is 16.5. The third-order valence-electron chi connectivity index (χ3n) is 3.32. The molecule has 0 aliphatic carbocycles. The number of esters is 1. The molecule has 0 bridgehead atoms. The number of hydrogen-bond acceptors (Lipinski definition) is 5. The van der Waals surface area contributed by atoms with Crippen molar-refractivity contribution in [2.24, 2.45) is 5.92 Å². The molecule has 3 N–H and O–H groups in total. The maximum Gasteiger partial charge on any atom is 0.331 e. The molecule has 1 atom stereocenters. The van der Waals surface area contributed by atoms with E-state index >= 15 is 0 Å². The van der Waals surface area contributed by atoms with Crippen molar-refractivity contribution in [1.29, 1.82) is 0 Å². The molecule has 0 aliphatic rings. The van der Waals surface area contributed by atoms with Crippen LogP contribution in [0.25, 0.3) is 0 Å². The van der Waals surface area contributed by atoms with Crippen LogP contribution in [0.5, 0.6) is 0 Å². The molecule has 0 spiro atoms. The second-order valence-corrected chi connectivity index (χ2v) is 5.70. The first-order valence-electron chi connectivity index (χ1n) is 7.74. The predicted molar refractivity (Wildman–Crippen MR) is 87.0 cm³/mol. The van der Waals surface area contributed by atoms with Crippen LogP contribution in [0.2, 0.25) is 0 Å². The van der Waals surface area contributed by atoms with E-state index in [2.05, 4.69) is 15.4 Å². The Morgan fingerprint density at radius 1 is 1.12 bits per heavy atom. The predicted octanol–water partition coefficient (Wildman–Crippen LogP) is 0.618. The van der Waals surface area contributed by atoms with Gasteiger partial charge in [0.1, 0.15) is 6.04 Å². The summed E-state index contributed by atoms with van der Waals surface area (Å²) in [5.41, 5.74) is -0.0233. The molecule has 8 heteroatoms. The van der Waals surface area contributed by atoms with Crippen LogP contribution in [0, 0.1) is 5.92 Å². The number of amides is 2. The van der Waals surface area contributed by atoms with Gasteiger partial charge in [0.05, 0.1) is 7.11 Å². The summed E-state index contributed by atoms with van der Waals surface area (Å²) >= 11 is 0. The monoisotopic (exact) mass is 342 g/mol. The molecule has 0 aromatic rings. The number of methoxy groups -OCH3 is 1. The molecular weight excluding hydrogens is 316 g/mol. The molecule has 0 saturated carbocycles. The Balaban J connectivity index is 4.93. The quantitative estimate of drug-likeness (QED) is 0.395. The molecular formula is C16H26N2O6. The Morgan fingerprint density at radius 3 is 2.21 bits per heavy atom. The van der Waals surface area contributed by atoms with Gasteiger partial charge in [0.25, 0.3) is 0 Å². The van der Waals surface area contributed by atoms with Gasteiger partial charge in [0.2, 0.25) is 11.8 Å². The van der Waals surface area contributed by atoms with E-state index in [1.54, 1.807) is 0 Å². The third kappa shape index (κ3) is 8.92. The summed E-state index contributed by atoms with van der Waals surface area (Å²) in [4.78, 5) is 46.1. The summed E-state index contributed by atoms with van der Waals surface area (Å²) < 4.78 is 4.50. The highest BCUT2D eigenvalue weighted by Gasteiger charge is 2.21. The van der Waals surface area contributed by atoms with E-state index in [4.69, 9.17) is 5.11 Å². The summed E-state index contributed by atoms with van der Waals surface area (Å²) in [6.45, 7) is 3.90. The molecule has 136 valence electrons. The highest BCUT2D eigenvalue weighted by molar-refractivity contribution is 5.99. The first-order valence-corrected chi connectivity index (χ1v) is 7.74. The molecule has 0 rings (SSSR count). The topological polar surface area (TPSA) is 122 Å². The average molecular weight is 342 g/mol. The number of carbonyl (C=O) groups is 4. The van der Waals surface area contributed by atoms with Crippen LogP contribution in [-0.2, 0) is 23.9 Å². The maximum atomic E-state index is 12.0. The minimum atomic E-state index is -1.17. The van der Waals surface area contributed by atoms with Crippen LogP contribution in [0.15, 0.2) is 11.6 Å². The molecule has 0 aliphatic heterocycles. The highest BCUT2D eigenvalue weighted by Crippen LogP contribution is 2.12. The molecule has 0 fully saturated rings. The largest absolute Gasteiger partial charge is 0.478 e. The molecule has 0 saturated heterocycles. The summed E-state index contributed by atoms with van der Waals surface area (Å²) in [6, 6.07) is -0.946. The van der Waals surface area contributed by atoms with E-state index in [1.807, 2.05) is 13.8 Å². The van der Waals surface area contributed by atoms with Gasteiger partial charge in [-0.1, -0.05) is 13.8 Å². The van der Waals surface area contributed by atoms with Gasteiger partial charge in [0, 0.05) is 25.1 Å². The van der Waals surface area contributed by atoms with Crippen molar-refractivity contribution in [3.63, 3.8) is 0 Å². The molecule has 0 aromatic carbocycles. The van der Waals surface area contributed by atoms with E-state index in [-0.39, 0.29) is 24.8 Å². The van der Waals surface area contributed by atoms with Crippen LogP contribution >= 0.6 is 0 Å². The van der Waals surface area contributed by atoms with E-state index in [1.165, 1.54) is 14.2 Å². The minimum absolute atomic E-state index is 0.0233.